The van der Waals surface area contributed by atoms with E-state index in [4.69, 9.17) is 4.52 Å². The molecule has 0 aliphatic carbocycles. The largest absolute Gasteiger partial charge is 0.435 e. The van der Waals surface area contributed by atoms with E-state index in [1.54, 1.807) is 24.1 Å². The lowest BCUT2D eigenvalue weighted by atomic mass is 10.1. The van der Waals surface area contributed by atoms with Crippen LogP contribution in [-0.4, -0.2) is 45.6 Å². The number of halogens is 2. The second kappa shape index (κ2) is 8.45. The molecule has 1 aliphatic heterocycles. The smallest absolute Gasteiger partial charge is 0.387 e. The maximum atomic E-state index is 12.7. The first-order valence-corrected chi connectivity index (χ1v) is 10.3. The Kier molecular flexibility index (Phi) is 5.33. The van der Waals surface area contributed by atoms with Crippen LogP contribution in [0.5, 0.6) is 5.75 Å². The molecule has 4 aromatic rings. The number of rotatable bonds is 7. The number of anilines is 1. The van der Waals surface area contributed by atoms with Gasteiger partial charge in [0.25, 0.3) is 5.91 Å². The van der Waals surface area contributed by atoms with E-state index in [2.05, 4.69) is 25.2 Å². The summed E-state index contributed by atoms with van der Waals surface area (Å²) in [4.78, 5) is 23.1. The van der Waals surface area contributed by atoms with Gasteiger partial charge in [-0.05, 0) is 35.2 Å². The molecule has 10 heteroatoms. The predicted octanol–water partition coefficient (Wildman–Crippen LogP) is 4.26. The number of benzene rings is 2. The van der Waals surface area contributed by atoms with Crippen LogP contribution in [0.1, 0.15) is 21.8 Å². The summed E-state index contributed by atoms with van der Waals surface area (Å²) >= 11 is 0. The maximum absolute atomic E-state index is 12.7. The van der Waals surface area contributed by atoms with Crippen LogP contribution in [0.15, 0.2) is 53.2 Å². The molecule has 1 N–H and O–H groups in total. The Hall–Kier alpha value is -4.08. The SMILES string of the molecule is Cc1nc(-c2ccc3ccnc(NCCN4Cc5ccc(OC(F)F)cc5C4=O)c3c2)no1. The minimum atomic E-state index is -2.93. The number of hydrogen-bond donors (Lipinski definition) is 1. The Bertz CT molecular complexity index is 1340. The zero-order valence-corrected chi connectivity index (χ0v) is 17.6. The standard InChI is InChI=1S/C23H19F2N5O3/c1-13-28-20(29-33-13)15-3-2-14-6-7-26-21(18(14)10-15)27-8-9-30-12-16-4-5-17(32-23(24)25)11-19(16)22(30)31/h2-7,10-11,23H,8-9,12H2,1H3,(H,26,27). The van der Waals surface area contributed by atoms with Crippen LogP contribution >= 0.6 is 0 Å². The highest BCUT2D eigenvalue weighted by atomic mass is 19.3. The number of aromatic nitrogens is 3. The Balaban J connectivity index is 1.29. The minimum Gasteiger partial charge on any atom is -0.435 e. The van der Waals surface area contributed by atoms with Gasteiger partial charge in [-0.2, -0.15) is 13.8 Å². The van der Waals surface area contributed by atoms with Crippen LogP contribution in [0.3, 0.4) is 0 Å². The summed E-state index contributed by atoms with van der Waals surface area (Å²) < 4.78 is 34.4. The van der Waals surface area contributed by atoms with Crippen molar-refractivity contribution in [3.63, 3.8) is 0 Å². The maximum Gasteiger partial charge on any atom is 0.387 e. The molecule has 0 fully saturated rings. The molecule has 3 heterocycles. The highest BCUT2D eigenvalue weighted by Gasteiger charge is 2.27. The third-order valence-electron chi connectivity index (χ3n) is 5.41. The van der Waals surface area contributed by atoms with Gasteiger partial charge < -0.3 is 19.5 Å². The second-order valence-electron chi connectivity index (χ2n) is 7.58. The molecule has 0 saturated heterocycles. The fourth-order valence-electron chi connectivity index (χ4n) is 3.87. The number of ether oxygens (including phenoxy) is 1. The van der Waals surface area contributed by atoms with E-state index < -0.39 is 6.61 Å². The molecule has 168 valence electrons. The molecule has 0 radical (unpaired) electrons. The van der Waals surface area contributed by atoms with E-state index in [1.165, 1.54) is 12.1 Å². The van der Waals surface area contributed by atoms with Gasteiger partial charge in [-0.25, -0.2) is 4.98 Å². The minimum absolute atomic E-state index is 0.0235. The van der Waals surface area contributed by atoms with Gasteiger partial charge in [-0.1, -0.05) is 23.4 Å². The summed E-state index contributed by atoms with van der Waals surface area (Å²) in [7, 11) is 0. The molecule has 33 heavy (non-hydrogen) atoms. The number of pyridine rings is 1. The fourth-order valence-corrected chi connectivity index (χ4v) is 3.87. The first-order valence-electron chi connectivity index (χ1n) is 10.3. The van der Waals surface area contributed by atoms with Crippen molar-refractivity contribution < 1.29 is 22.8 Å². The van der Waals surface area contributed by atoms with Crippen LogP contribution in [0, 0.1) is 6.92 Å². The number of carbonyl (C=O) groups is 1. The highest BCUT2D eigenvalue weighted by Crippen LogP contribution is 2.29. The molecule has 5 rings (SSSR count). The van der Waals surface area contributed by atoms with Crippen molar-refractivity contribution in [2.75, 3.05) is 18.4 Å². The molecule has 0 spiro atoms. The zero-order chi connectivity index (χ0) is 22.9. The van der Waals surface area contributed by atoms with Crippen molar-refractivity contribution in [3.05, 3.63) is 65.7 Å². The van der Waals surface area contributed by atoms with E-state index in [1.807, 2.05) is 24.3 Å². The second-order valence-corrected chi connectivity index (χ2v) is 7.58. The van der Waals surface area contributed by atoms with Crippen LogP contribution in [-0.2, 0) is 6.54 Å². The highest BCUT2D eigenvalue weighted by molar-refractivity contribution is 5.99. The van der Waals surface area contributed by atoms with Gasteiger partial charge in [0.05, 0.1) is 0 Å². The Morgan fingerprint density at radius 3 is 2.88 bits per heavy atom. The number of fused-ring (bicyclic) bond motifs is 2. The van der Waals surface area contributed by atoms with Gasteiger partial charge in [0.2, 0.25) is 11.7 Å². The molecule has 1 amide bonds. The topological polar surface area (TPSA) is 93.4 Å². The van der Waals surface area contributed by atoms with Gasteiger partial charge in [0.15, 0.2) is 0 Å². The van der Waals surface area contributed by atoms with Crippen LogP contribution < -0.4 is 10.1 Å². The third kappa shape index (κ3) is 4.19. The summed E-state index contributed by atoms with van der Waals surface area (Å²) in [5, 5.41) is 9.14. The molecule has 2 aromatic heterocycles. The van der Waals surface area contributed by atoms with E-state index in [0.29, 0.717) is 42.7 Å². The van der Waals surface area contributed by atoms with Gasteiger partial charge >= 0.3 is 6.61 Å². The number of aryl methyl sites for hydroxylation is 1. The van der Waals surface area contributed by atoms with Gasteiger partial charge in [-0.15, -0.1) is 0 Å². The summed E-state index contributed by atoms with van der Waals surface area (Å²) in [6, 6.07) is 12.2. The number of carbonyl (C=O) groups excluding carboxylic acids is 1. The molecule has 2 aromatic carbocycles. The number of nitrogens with one attached hydrogen (secondary N) is 1. The van der Waals surface area contributed by atoms with Gasteiger partial charge in [0, 0.05) is 49.3 Å². The van der Waals surface area contributed by atoms with Crippen LogP contribution in [0.2, 0.25) is 0 Å². The molecule has 0 bridgehead atoms. The van der Waals surface area contributed by atoms with Crippen molar-refractivity contribution in [3.8, 4) is 17.1 Å². The lowest BCUT2D eigenvalue weighted by molar-refractivity contribution is -0.0498. The first-order chi connectivity index (χ1) is 16.0. The van der Waals surface area contributed by atoms with E-state index >= 15 is 0 Å². The molecule has 0 unspecified atom stereocenters. The molecular weight excluding hydrogens is 432 g/mol. The predicted molar refractivity (Wildman–Crippen MR) is 116 cm³/mol. The van der Waals surface area contributed by atoms with E-state index in [9.17, 15) is 13.6 Å². The van der Waals surface area contributed by atoms with Crippen molar-refractivity contribution >= 4 is 22.5 Å². The van der Waals surface area contributed by atoms with Gasteiger partial charge in [0.1, 0.15) is 11.6 Å². The number of nitrogens with zero attached hydrogens (tertiary/aromatic N) is 4. The van der Waals surface area contributed by atoms with Crippen molar-refractivity contribution in [1.82, 2.24) is 20.0 Å². The molecule has 8 nitrogen and oxygen atoms in total. The summed E-state index contributed by atoms with van der Waals surface area (Å²) in [6.45, 7) is 0.0850. The first kappa shape index (κ1) is 20.8. The molecule has 0 saturated carbocycles. The quantitative estimate of drug-likeness (QED) is 0.449. The lowest BCUT2D eigenvalue weighted by Gasteiger charge is -2.17. The summed E-state index contributed by atoms with van der Waals surface area (Å²) in [6.07, 6.45) is 1.71. The zero-order valence-electron chi connectivity index (χ0n) is 17.6. The Morgan fingerprint density at radius 2 is 2.09 bits per heavy atom. The molecule has 0 atom stereocenters. The summed E-state index contributed by atoms with van der Waals surface area (Å²) in [5.41, 5.74) is 1.98. The van der Waals surface area contributed by atoms with Crippen LogP contribution in [0.25, 0.3) is 22.2 Å². The average Bonchev–Trinajstić information content (AvgIpc) is 3.37. The number of alkyl halides is 2. The van der Waals surface area contributed by atoms with E-state index in [-0.39, 0.29) is 11.7 Å². The number of hydrogen-bond acceptors (Lipinski definition) is 7. The van der Waals surface area contributed by atoms with Crippen molar-refractivity contribution in [2.24, 2.45) is 0 Å². The Labute approximate surface area is 187 Å². The van der Waals surface area contributed by atoms with Gasteiger partial charge in [-0.3, -0.25) is 4.79 Å². The fraction of sp³-hybridized carbons (Fsp3) is 0.217. The molecular formula is C23H19F2N5O3. The van der Waals surface area contributed by atoms with Crippen molar-refractivity contribution in [2.45, 2.75) is 20.1 Å². The van der Waals surface area contributed by atoms with Crippen molar-refractivity contribution in [1.29, 1.82) is 0 Å². The normalized spacial score (nSPS) is 13.1. The third-order valence-corrected chi connectivity index (χ3v) is 5.41. The van der Waals surface area contributed by atoms with E-state index in [0.717, 1.165) is 21.9 Å². The average molecular weight is 451 g/mol. The molecule has 1 aliphatic rings. The lowest BCUT2D eigenvalue weighted by Crippen LogP contribution is -2.29. The van der Waals surface area contributed by atoms with Crippen LogP contribution in [0.4, 0.5) is 14.6 Å². The number of amides is 1. The Morgan fingerprint density at radius 1 is 1.21 bits per heavy atom. The summed E-state index contributed by atoms with van der Waals surface area (Å²) in [5.74, 6) is 1.42. The monoisotopic (exact) mass is 451 g/mol.